The van der Waals surface area contributed by atoms with Crippen LogP contribution in [0, 0.1) is 5.92 Å². The Bertz CT molecular complexity index is 945. The highest BCUT2D eigenvalue weighted by molar-refractivity contribution is 5.22. The van der Waals surface area contributed by atoms with E-state index in [1.807, 2.05) is 30.6 Å². The van der Waals surface area contributed by atoms with Gasteiger partial charge < -0.3 is 10.2 Å². The zero-order valence-corrected chi connectivity index (χ0v) is 20.6. The first-order chi connectivity index (χ1) is 16.7. The molecule has 5 heteroatoms. The molecule has 0 aliphatic carbocycles. The maximum absolute atomic E-state index is 4.58. The molecule has 4 rings (SSSR count). The lowest BCUT2D eigenvalue weighted by atomic mass is 9.93. The van der Waals surface area contributed by atoms with Gasteiger partial charge in [-0.25, -0.2) is 0 Å². The van der Waals surface area contributed by atoms with E-state index in [0.717, 1.165) is 50.0 Å². The van der Waals surface area contributed by atoms with Gasteiger partial charge in [-0.1, -0.05) is 36.4 Å². The van der Waals surface area contributed by atoms with Crippen molar-refractivity contribution in [2.24, 2.45) is 5.92 Å². The molecule has 0 amide bonds. The highest BCUT2D eigenvalue weighted by Gasteiger charge is 2.17. The molecule has 1 aliphatic heterocycles. The van der Waals surface area contributed by atoms with Crippen molar-refractivity contribution in [3.63, 3.8) is 0 Å². The number of likely N-dealkylation sites (tertiary alicyclic amines) is 1. The number of nitrogens with zero attached hydrogens (tertiary/aromatic N) is 4. The van der Waals surface area contributed by atoms with Gasteiger partial charge in [0.25, 0.3) is 0 Å². The lowest BCUT2D eigenvalue weighted by molar-refractivity contribution is 0.186. The van der Waals surface area contributed by atoms with Crippen molar-refractivity contribution in [2.45, 2.75) is 51.9 Å². The molecule has 0 spiro atoms. The molecule has 0 radical (unpaired) electrons. The van der Waals surface area contributed by atoms with Crippen LogP contribution in [0.5, 0.6) is 0 Å². The summed E-state index contributed by atoms with van der Waals surface area (Å²) >= 11 is 0. The van der Waals surface area contributed by atoms with E-state index in [2.05, 4.69) is 74.6 Å². The first kappa shape index (κ1) is 24.5. The van der Waals surface area contributed by atoms with Gasteiger partial charge in [-0.05, 0) is 87.1 Å². The second kappa shape index (κ2) is 13.3. The van der Waals surface area contributed by atoms with Crippen molar-refractivity contribution in [1.82, 2.24) is 25.1 Å². The summed E-state index contributed by atoms with van der Waals surface area (Å²) < 4.78 is 0. The van der Waals surface area contributed by atoms with Crippen molar-refractivity contribution in [2.75, 3.05) is 26.7 Å². The number of aromatic nitrogens is 2. The Morgan fingerprint density at radius 2 is 1.62 bits per heavy atom. The number of hydrogen-bond donors (Lipinski definition) is 1. The molecule has 3 aromatic rings. The van der Waals surface area contributed by atoms with E-state index in [0.29, 0.717) is 0 Å². The fraction of sp³-hybridized carbons (Fsp3) is 0.448. The van der Waals surface area contributed by atoms with Gasteiger partial charge in [0.15, 0.2) is 0 Å². The molecule has 1 atom stereocenters. The standard InChI is InChI=1S/C29H39N5/c1-33-18-6-8-26(22-33)9-7-19-34(24-29-11-3-5-17-32-29)23-27-14-12-25(13-15-27)20-30-21-28-10-2-4-16-31-28/h2-5,10-17,26,30H,6-9,18-24H2,1H3. The van der Waals surface area contributed by atoms with Gasteiger partial charge in [0, 0.05) is 45.1 Å². The van der Waals surface area contributed by atoms with Gasteiger partial charge in [-0.3, -0.25) is 14.9 Å². The Hall–Kier alpha value is -2.60. The van der Waals surface area contributed by atoms with Crippen molar-refractivity contribution in [1.29, 1.82) is 0 Å². The minimum Gasteiger partial charge on any atom is -0.307 e. The van der Waals surface area contributed by atoms with E-state index in [9.17, 15) is 0 Å². The van der Waals surface area contributed by atoms with E-state index in [1.54, 1.807) is 0 Å². The first-order valence-corrected chi connectivity index (χ1v) is 12.7. The Balaban J connectivity index is 1.28. The molecule has 180 valence electrons. The Labute approximate surface area is 205 Å². The summed E-state index contributed by atoms with van der Waals surface area (Å²) in [5.41, 5.74) is 4.89. The van der Waals surface area contributed by atoms with Crippen LogP contribution in [-0.2, 0) is 26.2 Å². The van der Waals surface area contributed by atoms with Gasteiger partial charge in [-0.2, -0.15) is 0 Å². The topological polar surface area (TPSA) is 44.3 Å². The number of pyridine rings is 2. The zero-order valence-electron chi connectivity index (χ0n) is 20.6. The van der Waals surface area contributed by atoms with E-state index in [4.69, 9.17) is 0 Å². The minimum absolute atomic E-state index is 0.789. The SMILES string of the molecule is CN1CCCC(CCCN(Cc2ccc(CNCc3ccccn3)cc2)Cc2ccccn2)C1. The fourth-order valence-corrected chi connectivity index (χ4v) is 4.91. The number of nitrogens with one attached hydrogen (secondary N) is 1. The average Bonchev–Trinajstić information content (AvgIpc) is 2.86. The molecule has 1 unspecified atom stereocenters. The maximum atomic E-state index is 4.58. The quantitative estimate of drug-likeness (QED) is 0.419. The van der Waals surface area contributed by atoms with Crippen LogP contribution in [0.2, 0.25) is 0 Å². The van der Waals surface area contributed by atoms with Gasteiger partial charge in [-0.15, -0.1) is 0 Å². The van der Waals surface area contributed by atoms with Crippen LogP contribution in [0.25, 0.3) is 0 Å². The Kier molecular flexibility index (Phi) is 9.61. The lowest BCUT2D eigenvalue weighted by Crippen LogP contribution is -2.32. The predicted molar refractivity (Wildman–Crippen MR) is 139 cm³/mol. The van der Waals surface area contributed by atoms with Crippen molar-refractivity contribution >= 4 is 0 Å². The summed E-state index contributed by atoms with van der Waals surface area (Å²) in [5.74, 6) is 0.855. The van der Waals surface area contributed by atoms with Crippen LogP contribution < -0.4 is 5.32 Å². The molecule has 1 fully saturated rings. The van der Waals surface area contributed by atoms with Crippen LogP contribution in [0.15, 0.2) is 73.1 Å². The van der Waals surface area contributed by atoms with Crippen LogP contribution in [0.1, 0.15) is 48.2 Å². The average molecular weight is 458 g/mol. The summed E-state index contributed by atoms with van der Waals surface area (Å²) in [6.07, 6.45) is 9.06. The molecular formula is C29H39N5. The monoisotopic (exact) mass is 457 g/mol. The lowest BCUT2D eigenvalue weighted by Gasteiger charge is -2.30. The van der Waals surface area contributed by atoms with Crippen molar-refractivity contribution in [3.8, 4) is 0 Å². The Morgan fingerprint density at radius 1 is 0.882 bits per heavy atom. The third-order valence-electron chi connectivity index (χ3n) is 6.71. The number of piperidine rings is 1. The summed E-state index contributed by atoms with van der Waals surface area (Å²) in [6.45, 7) is 7.14. The number of rotatable bonds is 12. The number of benzene rings is 1. The summed E-state index contributed by atoms with van der Waals surface area (Å²) in [4.78, 5) is 14.0. The van der Waals surface area contributed by atoms with Gasteiger partial charge in [0.2, 0.25) is 0 Å². The normalized spacial score (nSPS) is 16.7. The summed E-state index contributed by atoms with van der Waals surface area (Å²) in [5, 5.41) is 3.49. The molecule has 0 bridgehead atoms. The molecule has 3 heterocycles. The van der Waals surface area contributed by atoms with E-state index < -0.39 is 0 Å². The smallest absolute Gasteiger partial charge is 0.0544 e. The molecule has 1 saturated heterocycles. The first-order valence-electron chi connectivity index (χ1n) is 12.7. The second-order valence-corrected chi connectivity index (χ2v) is 9.69. The van der Waals surface area contributed by atoms with E-state index in [1.165, 1.54) is 49.9 Å². The maximum Gasteiger partial charge on any atom is 0.0544 e. The molecule has 2 aromatic heterocycles. The molecule has 0 saturated carbocycles. The summed E-state index contributed by atoms with van der Waals surface area (Å²) in [7, 11) is 2.26. The predicted octanol–water partition coefficient (Wildman–Crippen LogP) is 4.89. The minimum atomic E-state index is 0.789. The van der Waals surface area contributed by atoms with Crippen LogP contribution in [-0.4, -0.2) is 46.4 Å². The largest absolute Gasteiger partial charge is 0.307 e. The summed E-state index contributed by atoms with van der Waals surface area (Å²) in [6, 6.07) is 21.3. The third kappa shape index (κ3) is 8.32. The zero-order chi connectivity index (χ0) is 23.4. The van der Waals surface area contributed by atoms with Crippen LogP contribution in [0.3, 0.4) is 0 Å². The molecular weight excluding hydrogens is 418 g/mol. The molecule has 1 N–H and O–H groups in total. The second-order valence-electron chi connectivity index (χ2n) is 9.69. The van der Waals surface area contributed by atoms with Gasteiger partial charge >= 0.3 is 0 Å². The molecule has 34 heavy (non-hydrogen) atoms. The van der Waals surface area contributed by atoms with Gasteiger partial charge in [0.05, 0.1) is 11.4 Å². The van der Waals surface area contributed by atoms with Crippen LogP contribution in [0.4, 0.5) is 0 Å². The van der Waals surface area contributed by atoms with Gasteiger partial charge in [0.1, 0.15) is 0 Å². The molecule has 1 aliphatic rings. The van der Waals surface area contributed by atoms with Crippen molar-refractivity contribution in [3.05, 3.63) is 95.6 Å². The number of hydrogen-bond acceptors (Lipinski definition) is 5. The Morgan fingerprint density at radius 3 is 2.32 bits per heavy atom. The van der Waals surface area contributed by atoms with Crippen LogP contribution >= 0.6 is 0 Å². The van der Waals surface area contributed by atoms with E-state index >= 15 is 0 Å². The molecule has 5 nitrogen and oxygen atoms in total. The van der Waals surface area contributed by atoms with E-state index in [-0.39, 0.29) is 0 Å². The third-order valence-corrected chi connectivity index (χ3v) is 6.71. The molecule has 1 aromatic carbocycles. The highest BCUT2D eigenvalue weighted by atomic mass is 15.1. The van der Waals surface area contributed by atoms with Crippen molar-refractivity contribution < 1.29 is 0 Å². The fourth-order valence-electron chi connectivity index (χ4n) is 4.91. The highest BCUT2D eigenvalue weighted by Crippen LogP contribution is 2.21.